The van der Waals surface area contributed by atoms with Crippen LogP contribution in [0.5, 0.6) is 5.75 Å². The summed E-state index contributed by atoms with van der Waals surface area (Å²) in [5, 5.41) is 0. The molecule has 0 spiro atoms. The lowest BCUT2D eigenvalue weighted by Gasteiger charge is -2.33. The molecular weight excluding hydrogens is 438 g/mol. The van der Waals surface area contributed by atoms with Crippen molar-refractivity contribution in [2.24, 2.45) is 0 Å². The maximum absolute atomic E-state index is 11.7. The minimum atomic E-state index is -3.09. The second-order valence-electron chi connectivity index (χ2n) is 9.09. The van der Waals surface area contributed by atoms with Crippen molar-refractivity contribution in [3.63, 3.8) is 0 Å². The maximum Gasteiger partial charge on any atom is 0.225 e. The number of piperidine rings is 1. The van der Waals surface area contributed by atoms with E-state index in [1.807, 2.05) is 12.4 Å². The van der Waals surface area contributed by atoms with E-state index in [0.29, 0.717) is 13.1 Å². The summed E-state index contributed by atoms with van der Waals surface area (Å²) >= 11 is 0. The maximum atomic E-state index is 11.7. The van der Waals surface area contributed by atoms with Gasteiger partial charge >= 0.3 is 0 Å². The molecule has 0 radical (unpaired) electrons. The number of aromatic nitrogens is 2. The molecule has 2 aliphatic rings. The van der Waals surface area contributed by atoms with Gasteiger partial charge in [0.1, 0.15) is 11.9 Å². The van der Waals surface area contributed by atoms with Crippen molar-refractivity contribution in [2.75, 3.05) is 50.4 Å². The van der Waals surface area contributed by atoms with Gasteiger partial charge in [0.15, 0.2) is 0 Å². The van der Waals surface area contributed by atoms with Crippen LogP contribution < -0.4 is 9.64 Å². The van der Waals surface area contributed by atoms with Gasteiger partial charge < -0.3 is 9.64 Å². The van der Waals surface area contributed by atoms with E-state index in [1.54, 1.807) is 4.31 Å². The topological polar surface area (TPSA) is 78.9 Å². The molecule has 3 heterocycles. The molecule has 9 heteroatoms. The molecule has 0 unspecified atom stereocenters. The summed E-state index contributed by atoms with van der Waals surface area (Å²) in [6.07, 6.45) is 8.17. The second-order valence-corrected chi connectivity index (χ2v) is 11.1. The molecule has 0 N–H and O–H groups in total. The summed E-state index contributed by atoms with van der Waals surface area (Å²) in [5.41, 5.74) is 3.53. The van der Waals surface area contributed by atoms with Crippen molar-refractivity contribution in [3.05, 3.63) is 47.3 Å². The lowest BCUT2D eigenvalue weighted by atomic mass is 10.1. The molecule has 33 heavy (non-hydrogen) atoms. The van der Waals surface area contributed by atoms with Crippen molar-refractivity contribution in [1.82, 2.24) is 19.2 Å². The lowest BCUT2D eigenvalue weighted by Crippen LogP contribution is -2.47. The number of sulfonamides is 1. The zero-order valence-electron chi connectivity index (χ0n) is 19.9. The number of aryl methyl sites for hydroxylation is 2. The minimum Gasteiger partial charge on any atom is -0.490 e. The molecule has 0 aliphatic carbocycles. The Labute approximate surface area is 197 Å². The molecule has 180 valence electrons. The molecule has 8 nitrogen and oxygen atoms in total. The van der Waals surface area contributed by atoms with Gasteiger partial charge in [0.05, 0.1) is 6.26 Å². The molecule has 0 bridgehead atoms. The van der Waals surface area contributed by atoms with Crippen LogP contribution in [-0.4, -0.2) is 79.2 Å². The summed E-state index contributed by atoms with van der Waals surface area (Å²) in [4.78, 5) is 13.6. The molecule has 0 amide bonds. The van der Waals surface area contributed by atoms with E-state index in [1.165, 1.54) is 11.8 Å². The second kappa shape index (κ2) is 10.4. The summed E-state index contributed by atoms with van der Waals surface area (Å²) in [7, 11) is -3.09. The highest BCUT2D eigenvalue weighted by molar-refractivity contribution is 7.88. The normalized spacial score (nSPS) is 19.1. The first-order valence-corrected chi connectivity index (χ1v) is 13.7. The van der Waals surface area contributed by atoms with Crippen LogP contribution in [0, 0.1) is 6.92 Å². The Morgan fingerprint density at radius 1 is 1.00 bits per heavy atom. The smallest absolute Gasteiger partial charge is 0.225 e. The van der Waals surface area contributed by atoms with Gasteiger partial charge in [-0.1, -0.05) is 19.1 Å². The van der Waals surface area contributed by atoms with Crippen molar-refractivity contribution in [3.8, 4) is 5.75 Å². The molecule has 2 aliphatic heterocycles. The standard InChI is InChI=1S/C24H35N5O3S/c1-4-20-16-25-24(26-17-20)28-9-7-22(8-10-28)32-23-6-5-21(15-19(23)2)18-27-11-13-29(14-12-27)33(3,30)31/h5-6,15-17,22H,4,7-14,18H2,1-3H3. The highest BCUT2D eigenvalue weighted by Crippen LogP contribution is 2.25. The molecule has 4 rings (SSSR count). The van der Waals surface area contributed by atoms with Gasteiger partial charge in [0.25, 0.3) is 0 Å². The molecule has 2 aromatic rings. The highest BCUT2D eigenvalue weighted by Gasteiger charge is 2.24. The number of anilines is 1. The number of piperazine rings is 1. The minimum absolute atomic E-state index is 0.199. The molecular formula is C24H35N5O3S. The van der Waals surface area contributed by atoms with Crippen LogP contribution in [-0.2, 0) is 23.0 Å². The SMILES string of the molecule is CCc1cnc(N2CCC(Oc3ccc(CN4CCN(S(C)(=O)=O)CC4)cc3C)CC2)nc1. The fraction of sp³-hybridized carbons (Fsp3) is 0.583. The van der Waals surface area contributed by atoms with E-state index in [4.69, 9.17) is 4.74 Å². The summed E-state index contributed by atoms with van der Waals surface area (Å²) < 4.78 is 31.3. The molecule has 0 atom stereocenters. The summed E-state index contributed by atoms with van der Waals surface area (Å²) in [5.74, 6) is 1.76. The number of benzene rings is 1. The number of hydrogen-bond acceptors (Lipinski definition) is 7. The van der Waals surface area contributed by atoms with Crippen LogP contribution in [0.25, 0.3) is 0 Å². The van der Waals surface area contributed by atoms with Crippen LogP contribution in [0.3, 0.4) is 0 Å². The van der Waals surface area contributed by atoms with Gasteiger partial charge in [-0.25, -0.2) is 18.4 Å². The monoisotopic (exact) mass is 473 g/mol. The van der Waals surface area contributed by atoms with Crippen molar-refractivity contribution >= 4 is 16.0 Å². The number of nitrogens with zero attached hydrogens (tertiary/aromatic N) is 5. The molecule has 0 saturated carbocycles. The van der Waals surface area contributed by atoms with Gasteiger partial charge in [-0.2, -0.15) is 4.31 Å². The van der Waals surface area contributed by atoms with E-state index in [0.717, 1.165) is 74.8 Å². The van der Waals surface area contributed by atoms with E-state index < -0.39 is 10.0 Å². The highest BCUT2D eigenvalue weighted by atomic mass is 32.2. The van der Waals surface area contributed by atoms with Crippen molar-refractivity contribution in [1.29, 1.82) is 0 Å². The number of ether oxygens (including phenoxy) is 1. The predicted molar refractivity (Wildman–Crippen MR) is 130 cm³/mol. The van der Waals surface area contributed by atoms with E-state index in [-0.39, 0.29) is 6.10 Å². The van der Waals surface area contributed by atoms with E-state index in [9.17, 15) is 8.42 Å². The Morgan fingerprint density at radius 3 is 2.24 bits per heavy atom. The molecule has 1 aromatic carbocycles. The van der Waals surface area contributed by atoms with Crippen LogP contribution >= 0.6 is 0 Å². The third-order valence-electron chi connectivity index (χ3n) is 6.56. The van der Waals surface area contributed by atoms with E-state index >= 15 is 0 Å². The lowest BCUT2D eigenvalue weighted by molar-refractivity contribution is 0.168. The van der Waals surface area contributed by atoms with E-state index in [2.05, 4.69) is 51.8 Å². The third kappa shape index (κ3) is 6.22. The summed E-state index contributed by atoms with van der Waals surface area (Å²) in [6, 6.07) is 6.40. The van der Waals surface area contributed by atoms with Gasteiger partial charge in [-0.15, -0.1) is 0 Å². The summed E-state index contributed by atoms with van der Waals surface area (Å²) in [6.45, 7) is 9.46. The fourth-order valence-electron chi connectivity index (χ4n) is 4.47. The Hall–Kier alpha value is -2.23. The average Bonchev–Trinajstić information content (AvgIpc) is 2.81. The Morgan fingerprint density at radius 2 is 1.67 bits per heavy atom. The zero-order valence-corrected chi connectivity index (χ0v) is 20.7. The largest absolute Gasteiger partial charge is 0.490 e. The van der Waals surface area contributed by atoms with Crippen molar-refractivity contribution in [2.45, 2.75) is 45.8 Å². The van der Waals surface area contributed by atoms with Crippen molar-refractivity contribution < 1.29 is 13.2 Å². The van der Waals surface area contributed by atoms with Crippen LogP contribution in [0.4, 0.5) is 5.95 Å². The van der Waals surface area contributed by atoms with Crippen LogP contribution in [0.15, 0.2) is 30.6 Å². The fourth-order valence-corrected chi connectivity index (χ4v) is 5.29. The molecule has 1 aromatic heterocycles. The first kappa shape index (κ1) is 23.9. The molecule has 2 fully saturated rings. The third-order valence-corrected chi connectivity index (χ3v) is 7.87. The number of hydrogen-bond donors (Lipinski definition) is 0. The van der Waals surface area contributed by atoms with Gasteiger partial charge in [-0.3, -0.25) is 4.90 Å². The van der Waals surface area contributed by atoms with Gasteiger partial charge in [0.2, 0.25) is 16.0 Å². The van der Waals surface area contributed by atoms with Crippen LogP contribution in [0.1, 0.15) is 36.5 Å². The van der Waals surface area contributed by atoms with Gasteiger partial charge in [0, 0.05) is 71.0 Å². The predicted octanol–water partition coefficient (Wildman–Crippen LogP) is 2.47. The first-order valence-electron chi connectivity index (χ1n) is 11.8. The average molecular weight is 474 g/mol. The quantitative estimate of drug-likeness (QED) is 0.611. The Kier molecular flexibility index (Phi) is 7.51. The Balaban J connectivity index is 1.27. The van der Waals surface area contributed by atoms with Gasteiger partial charge in [-0.05, 0) is 36.1 Å². The zero-order chi connectivity index (χ0) is 23.4. The molecule has 2 saturated heterocycles. The number of rotatable bonds is 7. The Bertz CT molecular complexity index is 1030. The van der Waals surface area contributed by atoms with Crippen LogP contribution in [0.2, 0.25) is 0 Å². The first-order chi connectivity index (χ1) is 15.8.